The molecule has 0 saturated carbocycles. The van der Waals surface area contributed by atoms with Gasteiger partial charge in [0.1, 0.15) is 23.0 Å². The van der Waals surface area contributed by atoms with E-state index in [1.54, 1.807) is 25.7 Å². The Morgan fingerprint density at radius 1 is 1.21 bits per heavy atom. The summed E-state index contributed by atoms with van der Waals surface area (Å²) in [6.07, 6.45) is -3.59. The fraction of sp³-hybridized carbons (Fsp3) is 0.400. The van der Waals surface area contributed by atoms with Crippen LogP contribution in [0.15, 0.2) is 41.3 Å². The molecule has 2 amide bonds. The molecule has 5 N–H and O–H groups in total. The van der Waals surface area contributed by atoms with Gasteiger partial charge in [0.2, 0.25) is 0 Å². The van der Waals surface area contributed by atoms with Crippen molar-refractivity contribution in [2.24, 2.45) is 5.73 Å². The van der Waals surface area contributed by atoms with Gasteiger partial charge in [0, 0.05) is 31.3 Å². The number of piperidine rings is 1. The van der Waals surface area contributed by atoms with Crippen molar-refractivity contribution in [1.82, 2.24) is 20.2 Å². The zero-order chi connectivity index (χ0) is 29.0. The molecule has 0 spiro atoms. The van der Waals surface area contributed by atoms with Crippen molar-refractivity contribution in [3.63, 3.8) is 0 Å². The number of amidine groups is 1. The van der Waals surface area contributed by atoms with Gasteiger partial charge in [0.05, 0.1) is 16.8 Å². The summed E-state index contributed by atoms with van der Waals surface area (Å²) in [6, 6.07) is 6.11. The first kappa shape index (κ1) is 29.2. The fourth-order valence-electron chi connectivity index (χ4n) is 3.89. The van der Waals surface area contributed by atoms with Crippen LogP contribution >= 0.6 is 0 Å². The number of nitrogens with zero attached hydrogens (tertiary/aromatic N) is 2. The largest absolute Gasteiger partial charge is 0.573 e. The lowest BCUT2D eigenvalue weighted by molar-refractivity contribution is -0.274. The summed E-state index contributed by atoms with van der Waals surface area (Å²) >= 11 is 0. The number of benzene rings is 1. The van der Waals surface area contributed by atoms with E-state index in [-0.39, 0.29) is 22.9 Å². The van der Waals surface area contributed by atoms with Crippen LogP contribution in [0.3, 0.4) is 0 Å². The van der Waals surface area contributed by atoms with E-state index >= 15 is 0 Å². The van der Waals surface area contributed by atoms with Crippen molar-refractivity contribution in [3.8, 4) is 5.75 Å². The number of aromatic amines is 1. The highest BCUT2D eigenvalue weighted by atomic mass is 19.4. The van der Waals surface area contributed by atoms with E-state index in [4.69, 9.17) is 15.9 Å². The van der Waals surface area contributed by atoms with Crippen LogP contribution in [0.4, 0.5) is 18.0 Å². The number of aromatic nitrogens is 2. The molecule has 2 heterocycles. The van der Waals surface area contributed by atoms with Crippen molar-refractivity contribution < 1.29 is 32.2 Å². The number of hydrogen-bond donors (Lipinski definition) is 4. The quantitative estimate of drug-likeness (QED) is 0.252. The van der Waals surface area contributed by atoms with E-state index in [9.17, 15) is 27.6 Å². The molecule has 14 heteroatoms. The molecule has 1 aromatic carbocycles. The van der Waals surface area contributed by atoms with Crippen LogP contribution in [0, 0.1) is 5.41 Å². The highest BCUT2D eigenvalue weighted by Gasteiger charge is 2.33. The van der Waals surface area contributed by atoms with E-state index in [2.05, 4.69) is 20.0 Å². The van der Waals surface area contributed by atoms with E-state index in [0.717, 1.165) is 12.3 Å². The van der Waals surface area contributed by atoms with E-state index < -0.39 is 41.1 Å². The summed E-state index contributed by atoms with van der Waals surface area (Å²) in [5, 5.41) is 10.3. The van der Waals surface area contributed by atoms with Crippen molar-refractivity contribution >= 4 is 23.4 Å². The molecule has 1 aliphatic heterocycles. The first-order valence-electron chi connectivity index (χ1n) is 11.9. The number of alkyl halides is 3. The number of rotatable bonds is 5. The molecular formula is C25H29F3N6O5. The molecular weight excluding hydrogens is 521 g/mol. The Morgan fingerprint density at radius 3 is 2.44 bits per heavy atom. The fourth-order valence-corrected chi connectivity index (χ4v) is 3.89. The second-order valence-corrected chi connectivity index (χ2v) is 9.71. The van der Waals surface area contributed by atoms with Gasteiger partial charge in [-0.05, 0) is 45.7 Å². The summed E-state index contributed by atoms with van der Waals surface area (Å²) in [6.45, 7) is 6.07. The third kappa shape index (κ3) is 8.06. The predicted molar refractivity (Wildman–Crippen MR) is 135 cm³/mol. The van der Waals surface area contributed by atoms with Gasteiger partial charge in [-0.3, -0.25) is 15.0 Å². The Morgan fingerprint density at radius 2 is 1.85 bits per heavy atom. The third-order valence-electron chi connectivity index (χ3n) is 5.61. The molecule has 210 valence electrons. The number of para-hydroxylation sites is 1. The van der Waals surface area contributed by atoms with Crippen molar-refractivity contribution in [1.29, 1.82) is 5.41 Å². The minimum Gasteiger partial charge on any atom is -0.444 e. The minimum atomic E-state index is -5.00. The number of ether oxygens (including phenoxy) is 2. The number of H-pyrrole nitrogens is 1. The summed E-state index contributed by atoms with van der Waals surface area (Å²) in [5.41, 5.74) is 4.18. The number of halogens is 3. The monoisotopic (exact) mass is 550 g/mol. The molecule has 0 unspecified atom stereocenters. The molecule has 3 rings (SSSR count). The standard InChI is InChI=1S/C25H29F3N6O5/c1-24(2,3)39-23(37)34-10-8-14(9-11-34)17-12-19(35)32-21(31-17)16(13-29)22(36)33-20(30)15-6-4-5-7-18(15)38-25(26,27)28/h4-7,12-14H,8-11,29H2,1-3H3,(H2,30,33,36)(H,31,32,35). The van der Waals surface area contributed by atoms with Gasteiger partial charge in [-0.15, -0.1) is 13.2 Å². The summed E-state index contributed by atoms with van der Waals surface area (Å²) < 4.78 is 47.5. The number of hydrogen-bond acceptors (Lipinski definition) is 8. The van der Waals surface area contributed by atoms with E-state index in [1.165, 1.54) is 24.3 Å². The van der Waals surface area contributed by atoms with Gasteiger partial charge in [-0.1, -0.05) is 12.1 Å². The van der Waals surface area contributed by atoms with Crippen molar-refractivity contribution in [2.75, 3.05) is 13.1 Å². The first-order valence-corrected chi connectivity index (χ1v) is 11.9. The Kier molecular flexibility index (Phi) is 8.67. The normalized spacial score (nSPS) is 15.0. The van der Waals surface area contributed by atoms with Crippen LogP contribution in [0.25, 0.3) is 5.57 Å². The van der Waals surface area contributed by atoms with Gasteiger partial charge in [-0.25, -0.2) is 9.78 Å². The number of carbonyl (C=O) groups excluding carboxylic acids is 2. The molecule has 0 aliphatic carbocycles. The van der Waals surface area contributed by atoms with Crippen molar-refractivity contribution in [3.05, 3.63) is 64.0 Å². The zero-order valence-corrected chi connectivity index (χ0v) is 21.5. The molecule has 0 bridgehead atoms. The number of carbonyl (C=O) groups is 2. The first-order chi connectivity index (χ1) is 18.2. The Balaban J connectivity index is 1.74. The maximum atomic E-state index is 12.9. The topological polar surface area (TPSA) is 163 Å². The molecule has 2 aromatic rings. The van der Waals surface area contributed by atoms with Gasteiger partial charge < -0.3 is 30.4 Å². The van der Waals surface area contributed by atoms with E-state index in [0.29, 0.717) is 31.6 Å². The SMILES string of the molecule is CC(C)(C)OC(=O)N1CCC(c2cc(=O)[nH]c(C(=CN)C(=O)NC(=N)c3ccccc3OC(F)(F)F)n2)CC1. The summed E-state index contributed by atoms with van der Waals surface area (Å²) in [5.74, 6) is -2.73. The molecule has 1 saturated heterocycles. The van der Waals surface area contributed by atoms with E-state index in [1.807, 2.05) is 0 Å². The molecule has 1 aromatic heterocycles. The molecule has 39 heavy (non-hydrogen) atoms. The molecule has 1 fully saturated rings. The van der Waals surface area contributed by atoms with Crippen LogP contribution in [0.2, 0.25) is 0 Å². The highest BCUT2D eigenvalue weighted by molar-refractivity contribution is 6.25. The van der Waals surface area contributed by atoms with Gasteiger partial charge in [0.15, 0.2) is 0 Å². The van der Waals surface area contributed by atoms with Gasteiger partial charge in [0.25, 0.3) is 11.5 Å². The predicted octanol–water partition coefficient (Wildman–Crippen LogP) is 3.22. The average molecular weight is 551 g/mol. The third-order valence-corrected chi connectivity index (χ3v) is 5.61. The number of nitrogens with one attached hydrogen (secondary N) is 3. The molecule has 0 radical (unpaired) electrons. The molecule has 1 aliphatic rings. The number of amides is 2. The smallest absolute Gasteiger partial charge is 0.444 e. The second kappa shape index (κ2) is 11.6. The Bertz CT molecular complexity index is 1320. The maximum absolute atomic E-state index is 12.9. The van der Waals surface area contributed by atoms with Crippen molar-refractivity contribution in [2.45, 2.75) is 51.5 Å². The maximum Gasteiger partial charge on any atom is 0.573 e. The van der Waals surface area contributed by atoms with Gasteiger partial charge >= 0.3 is 12.5 Å². The lowest BCUT2D eigenvalue weighted by Crippen LogP contribution is -2.41. The van der Waals surface area contributed by atoms with Crippen LogP contribution < -0.4 is 21.3 Å². The molecule has 11 nitrogen and oxygen atoms in total. The number of nitrogens with two attached hydrogens (primary N) is 1. The second-order valence-electron chi connectivity index (χ2n) is 9.71. The zero-order valence-electron chi connectivity index (χ0n) is 21.5. The van der Waals surface area contributed by atoms with Crippen LogP contribution in [0.5, 0.6) is 5.75 Å². The molecule has 0 atom stereocenters. The lowest BCUT2D eigenvalue weighted by atomic mass is 9.93. The lowest BCUT2D eigenvalue weighted by Gasteiger charge is -2.33. The van der Waals surface area contributed by atoms with Crippen LogP contribution in [0.1, 0.15) is 56.6 Å². The van der Waals surface area contributed by atoms with Crippen LogP contribution in [-0.2, 0) is 9.53 Å². The summed E-state index contributed by atoms with van der Waals surface area (Å²) in [7, 11) is 0. The Hall–Kier alpha value is -4.36. The summed E-state index contributed by atoms with van der Waals surface area (Å²) in [4.78, 5) is 46.0. The van der Waals surface area contributed by atoms with Gasteiger partial charge in [-0.2, -0.15) is 0 Å². The minimum absolute atomic E-state index is 0.181. The van der Waals surface area contributed by atoms with Crippen LogP contribution in [-0.4, -0.2) is 57.8 Å². The Labute approximate surface area is 221 Å². The number of likely N-dealkylation sites (tertiary alicyclic amines) is 1. The average Bonchev–Trinajstić information content (AvgIpc) is 2.82. The highest BCUT2D eigenvalue weighted by Crippen LogP contribution is 2.28.